The van der Waals surface area contributed by atoms with Crippen molar-refractivity contribution in [2.24, 2.45) is 11.8 Å². The van der Waals surface area contributed by atoms with Crippen LogP contribution in [0.2, 0.25) is 19.6 Å². The van der Waals surface area contributed by atoms with Crippen molar-refractivity contribution < 1.29 is 4.43 Å². The van der Waals surface area contributed by atoms with Crippen molar-refractivity contribution in [2.75, 3.05) is 0 Å². The van der Waals surface area contributed by atoms with Crippen LogP contribution in [0.25, 0.3) is 0 Å². The first kappa shape index (κ1) is 12.2. The maximum atomic E-state index is 6.27. The van der Waals surface area contributed by atoms with Gasteiger partial charge in [-0.3, -0.25) is 0 Å². The normalized spacial score (nSPS) is 33.6. The lowest BCUT2D eigenvalue weighted by Crippen LogP contribution is -2.34. The van der Waals surface area contributed by atoms with E-state index in [1.807, 2.05) is 0 Å². The molecule has 0 heterocycles. The Labute approximate surface area is 90.4 Å². The van der Waals surface area contributed by atoms with E-state index in [4.69, 9.17) is 4.43 Å². The van der Waals surface area contributed by atoms with Gasteiger partial charge in [0.1, 0.15) is 0 Å². The minimum atomic E-state index is -1.32. The summed E-state index contributed by atoms with van der Waals surface area (Å²) >= 11 is 0. The fourth-order valence-corrected chi connectivity index (χ4v) is 4.01. The average Bonchev–Trinajstić information content (AvgIpc) is 2.43. The van der Waals surface area contributed by atoms with Crippen LogP contribution in [0.3, 0.4) is 0 Å². The van der Waals surface area contributed by atoms with E-state index in [9.17, 15) is 0 Å². The van der Waals surface area contributed by atoms with E-state index in [1.165, 1.54) is 25.7 Å². The van der Waals surface area contributed by atoms with Gasteiger partial charge in [-0.15, -0.1) is 0 Å². The van der Waals surface area contributed by atoms with E-state index in [0.29, 0.717) is 6.10 Å². The smallest absolute Gasteiger partial charge is 0.184 e. The second kappa shape index (κ2) is 4.80. The first-order chi connectivity index (χ1) is 6.48. The van der Waals surface area contributed by atoms with Gasteiger partial charge in [-0.1, -0.05) is 26.7 Å². The molecule has 0 aromatic carbocycles. The van der Waals surface area contributed by atoms with Crippen molar-refractivity contribution in [3.8, 4) is 0 Å². The van der Waals surface area contributed by atoms with Gasteiger partial charge in [-0.2, -0.15) is 0 Å². The molecule has 3 atom stereocenters. The molecule has 0 bridgehead atoms. The third-order valence-electron chi connectivity index (χ3n) is 3.41. The Morgan fingerprint density at radius 3 is 2.14 bits per heavy atom. The maximum absolute atomic E-state index is 6.27. The number of hydrogen-bond donors (Lipinski definition) is 0. The monoisotopic (exact) mass is 214 g/mol. The van der Waals surface area contributed by atoms with E-state index in [-0.39, 0.29) is 0 Å². The fraction of sp³-hybridized carbons (Fsp3) is 1.00. The fourth-order valence-electron chi connectivity index (χ4n) is 2.81. The Kier molecular flexibility index (Phi) is 4.20. The molecule has 1 fully saturated rings. The van der Waals surface area contributed by atoms with Gasteiger partial charge < -0.3 is 4.43 Å². The lowest BCUT2D eigenvalue weighted by Gasteiger charge is -2.29. The Morgan fingerprint density at radius 2 is 1.71 bits per heavy atom. The summed E-state index contributed by atoms with van der Waals surface area (Å²) in [7, 11) is -1.32. The summed E-state index contributed by atoms with van der Waals surface area (Å²) in [5, 5.41) is 0. The molecule has 1 rings (SSSR count). The van der Waals surface area contributed by atoms with Crippen LogP contribution in [0.5, 0.6) is 0 Å². The summed E-state index contributed by atoms with van der Waals surface area (Å²) in [5.41, 5.74) is 0. The van der Waals surface area contributed by atoms with Gasteiger partial charge in [-0.25, -0.2) is 0 Å². The predicted molar refractivity (Wildman–Crippen MR) is 65.0 cm³/mol. The quantitative estimate of drug-likeness (QED) is 0.641. The molecule has 1 aliphatic carbocycles. The van der Waals surface area contributed by atoms with Gasteiger partial charge in [0.2, 0.25) is 0 Å². The molecule has 0 amide bonds. The van der Waals surface area contributed by atoms with Crippen LogP contribution in [0.1, 0.15) is 39.5 Å². The Balaban J connectivity index is 2.54. The minimum Gasteiger partial charge on any atom is -0.414 e. The third kappa shape index (κ3) is 3.09. The van der Waals surface area contributed by atoms with Crippen molar-refractivity contribution in [3.63, 3.8) is 0 Å². The van der Waals surface area contributed by atoms with Crippen molar-refractivity contribution in [1.82, 2.24) is 0 Å². The van der Waals surface area contributed by atoms with Crippen LogP contribution >= 0.6 is 0 Å². The number of hydrogen-bond acceptors (Lipinski definition) is 1. The molecule has 2 heteroatoms. The van der Waals surface area contributed by atoms with Crippen molar-refractivity contribution in [1.29, 1.82) is 0 Å². The second-order valence-electron chi connectivity index (χ2n) is 5.59. The molecule has 14 heavy (non-hydrogen) atoms. The SMILES string of the molecule is CCC1CCC(O[Si](C)(C)C)C1CC. The molecule has 1 aliphatic rings. The highest BCUT2D eigenvalue weighted by molar-refractivity contribution is 6.69. The third-order valence-corrected chi connectivity index (χ3v) is 4.42. The zero-order valence-corrected chi connectivity index (χ0v) is 11.5. The van der Waals surface area contributed by atoms with E-state index in [0.717, 1.165) is 11.8 Å². The molecule has 1 nitrogen and oxygen atoms in total. The van der Waals surface area contributed by atoms with Crippen LogP contribution in [0.15, 0.2) is 0 Å². The number of rotatable bonds is 4. The summed E-state index contributed by atoms with van der Waals surface area (Å²) in [6.07, 6.45) is 5.92. The summed E-state index contributed by atoms with van der Waals surface area (Å²) < 4.78 is 6.27. The van der Waals surface area contributed by atoms with Crippen LogP contribution < -0.4 is 0 Å². The maximum Gasteiger partial charge on any atom is 0.184 e. The van der Waals surface area contributed by atoms with E-state index in [1.54, 1.807) is 0 Å². The summed E-state index contributed by atoms with van der Waals surface area (Å²) in [4.78, 5) is 0. The van der Waals surface area contributed by atoms with Crippen molar-refractivity contribution >= 4 is 8.32 Å². The summed E-state index contributed by atoms with van der Waals surface area (Å²) in [6.45, 7) is 11.6. The molecule has 0 aromatic rings. The first-order valence-corrected chi connectivity index (χ1v) is 9.56. The van der Waals surface area contributed by atoms with Crippen LogP contribution in [0, 0.1) is 11.8 Å². The molecule has 0 radical (unpaired) electrons. The zero-order chi connectivity index (χ0) is 10.8. The highest BCUT2D eigenvalue weighted by Crippen LogP contribution is 2.39. The molecule has 0 aliphatic heterocycles. The minimum absolute atomic E-state index is 0.580. The van der Waals surface area contributed by atoms with Gasteiger partial charge in [-0.05, 0) is 44.3 Å². The molecular formula is C12H26OSi. The van der Waals surface area contributed by atoms with Gasteiger partial charge in [0, 0.05) is 6.10 Å². The van der Waals surface area contributed by atoms with Crippen molar-refractivity contribution in [3.05, 3.63) is 0 Å². The largest absolute Gasteiger partial charge is 0.414 e. The van der Waals surface area contributed by atoms with Crippen LogP contribution in [-0.2, 0) is 4.43 Å². The molecule has 3 unspecified atom stereocenters. The first-order valence-electron chi connectivity index (χ1n) is 6.15. The van der Waals surface area contributed by atoms with E-state index >= 15 is 0 Å². The molecule has 84 valence electrons. The lowest BCUT2D eigenvalue weighted by molar-refractivity contribution is 0.131. The van der Waals surface area contributed by atoms with E-state index < -0.39 is 8.32 Å². The van der Waals surface area contributed by atoms with Crippen molar-refractivity contribution in [2.45, 2.75) is 65.3 Å². The highest BCUT2D eigenvalue weighted by atomic mass is 28.4. The average molecular weight is 214 g/mol. The summed E-state index contributed by atoms with van der Waals surface area (Å²) in [6, 6.07) is 0. The second-order valence-corrected chi connectivity index (χ2v) is 10.0. The summed E-state index contributed by atoms with van der Waals surface area (Å²) in [5.74, 6) is 1.77. The van der Waals surface area contributed by atoms with E-state index in [2.05, 4.69) is 33.5 Å². The standard InChI is InChI=1S/C12H26OSi/c1-6-10-8-9-12(11(10)7-2)13-14(3,4)5/h10-12H,6-9H2,1-5H3. The van der Waals surface area contributed by atoms with Gasteiger partial charge in [0.05, 0.1) is 0 Å². The molecule has 0 N–H and O–H groups in total. The zero-order valence-electron chi connectivity index (χ0n) is 10.5. The Hall–Kier alpha value is 0.177. The van der Waals surface area contributed by atoms with Gasteiger partial charge >= 0.3 is 0 Å². The molecule has 0 aromatic heterocycles. The van der Waals surface area contributed by atoms with Crippen LogP contribution in [0.4, 0.5) is 0 Å². The molecule has 1 saturated carbocycles. The molecular weight excluding hydrogens is 188 g/mol. The highest BCUT2D eigenvalue weighted by Gasteiger charge is 2.36. The van der Waals surface area contributed by atoms with Gasteiger partial charge in [0.15, 0.2) is 8.32 Å². The van der Waals surface area contributed by atoms with Gasteiger partial charge in [0.25, 0.3) is 0 Å². The lowest BCUT2D eigenvalue weighted by atomic mass is 9.90. The Bertz CT molecular complexity index is 174. The Morgan fingerprint density at radius 1 is 1.07 bits per heavy atom. The topological polar surface area (TPSA) is 9.23 Å². The van der Waals surface area contributed by atoms with Crippen LogP contribution in [-0.4, -0.2) is 14.4 Å². The molecule has 0 saturated heterocycles. The molecule has 0 spiro atoms. The predicted octanol–water partition coefficient (Wildman–Crippen LogP) is 4.05.